The number of carboxylic acid groups (broad SMARTS) is 1. The number of rotatable bonds is 7. The SMILES string of the molecule is CCC(NC(=O)CCc1ccc(-c2ccccc2)[nH]1)C(=O)O. The average molecular weight is 300 g/mol. The number of nitrogens with one attached hydrogen (secondary N) is 2. The summed E-state index contributed by atoms with van der Waals surface area (Å²) in [6, 6.07) is 13.1. The number of H-pyrrole nitrogens is 1. The largest absolute Gasteiger partial charge is 0.480 e. The lowest BCUT2D eigenvalue weighted by Gasteiger charge is -2.11. The van der Waals surface area contributed by atoms with E-state index in [9.17, 15) is 9.59 Å². The van der Waals surface area contributed by atoms with Gasteiger partial charge in [-0.3, -0.25) is 4.79 Å². The van der Waals surface area contributed by atoms with Crippen LogP contribution in [0, 0.1) is 0 Å². The first-order chi connectivity index (χ1) is 10.6. The molecule has 0 aliphatic heterocycles. The molecule has 0 radical (unpaired) electrons. The van der Waals surface area contributed by atoms with Crippen LogP contribution in [0.3, 0.4) is 0 Å². The topological polar surface area (TPSA) is 82.2 Å². The minimum Gasteiger partial charge on any atom is -0.480 e. The van der Waals surface area contributed by atoms with E-state index in [4.69, 9.17) is 5.11 Å². The van der Waals surface area contributed by atoms with Crippen molar-refractivity contribution in [2.45, 2.75) is 32.2 Å². The van der Waals surface area contributed by atoms with Crippen molar-refractivity contribution in [2.75, 3.05) is 0 Å². The van der Waals surface area contributed by atoms with Crippen molar-refractivity contribution in [3.8, 4) is 11.3 Å². The highest BCUT2D eigenvalue weighted by Crippen LogP contribution is 2.18. The Labute approximate surface area is 129 Å². The summed E-state index contributed by atoms with van der Waals surface area (Å²) in [5, 5.41) is 11.4. The number of aryl methyl sites for hydroxylation is 1. The fourth-order valence-corrected chi connectivity index (χ4v) is 2.23. The molecular formula is C17H20N2O3. The van der Waals surface area contributed by atoms with Crippen LogP contribution in [0.25, 0.3) is 11.3 Å². The molecule has 1 aromatic heterocycles. The molecule has 1 aromatic carbocycles. The van der Waals surface area contributed by atoms with Gasteiger partial charge in [-0.1, -0.05) is 37.3 Å². The summed E-state index contributed by atoms with van der Waals surface area (Å²) in [7, 11) is 0. The van der Waals surface area contributed by atoms with E-state index in [1.54, 1.807) is 6.92 Å². The van der Waals surface area contributed by atoms with E-state index in [1.165, 1.54) is 0 Å². The molecule has 0 saturated heterocycles. The zero-order valence-electron chi connectivity index (χ0n) is 12.5. The third-order valence-electron chi connectivity index (χ3n) is 3.49. The summed E-state index contributed by atoms with van der Waals surface area (Å²) >= 11 is 0. The van der Waals surface area contributed by atoms with Crippen LogP contribution in [-0.4, -0.2) is 28.0 Å². The number of aromatic nitrogens is 1. The molecule has 5 heteroatoms. The molecule has 22 heavy (non-hydrogen) atoms. The van der Waals surface area contributed by atoms with E-state index >= 15 is 0 Å². The Morgan fingerprint density at radius 2 is 1.91 bits per heavy atom. The van der Waals surface area contributed by atoms with Gasteiger partial charge in [0.2, 0.25) is 5.91 Å². The zero-order chi connectivity index (χ0) is 15.9. The van der Waals surface area contributed by atoms with Crippen molar-refractivity contribution >= 4 is 11.9 Å². The second-order valence-corrected chi connectivity index (χ2v) is 5.13. The van der Waals surface area contributed by atoms with Gasteiger partial charge in [-0.2, -0.15) is 0 Å². The van der Waals surface area contributed by atoms with Crippen LogP contribution in [0.1, 0.15) is 25.5 Å². The van der Waals surface area contributed by atoms with Gasteiger partial charge < -0.3 is 15.4 Å². The fourth-order valence-electron chi connectivity index (χ4n) is 2.23. The summed E-state index contributed by atoms with van der Waals surface area (Å²) in [5.74, 6) is -1.24. The van der Waals surface area contributed by atoms with Crippen molar-refractivity contribution in [3.63, 3.8) is 0 Å². The van der Waals surface area contributed by atoms with Crippen molar-refractivity contribution < 1.29 is 14.7 Å². The Balaban J connectivity index is 1.89. The van der Waals surface area contributed by atoms with Crippen molar-refractivity contribution in [1.29, 1.82) is 0 Å². The average Bonchev–Trinajstić information content (AvgIpc) is 3.00. The first-order valence-corrected chi connectivity index (χ1v) is 7.35. The predicted molar refractivity (Wildman–Crippen MR) is 84.4 cm³/mol. The number of aromatic amines is 1. The van der Waals surface area contributed by atoms with Gasteiger partial charge in [-0.15, -0.1) is 0 Å². The summed E-state index contributed by atoms with van der Waals surface area (Å²) < 4.78 is 0. The molecule has 5 nitrogen and oxygen atoms in total. The minimum absolute atomic E-state index is 0.245. The zero-order valence-corrected chi connectivity index (χ0v) is 12.5. The number of hydrogen-bond donors (Lipinski definition) is 3. The monoisotopic (exact) mass is 300 g/mol. The van der Waals surface area contributed by atoms with Crippen LogP contribution in [0.2, 0.25) is 0 Å². The Hall–Kier alpha value is -2.56. The molecule has 0 bridgehead atoms. The summed E-state index contributed by atoms with van der Waals surface area (Å²) in [6.07, 6.45) is 1.19. The maximum absolute atomic E-state index is 11.8. The van der Waals surface area contributed by atoms with Gasteiger partial charge in [0.1, 0.15) is 6.04 Å². The van der Waals surface area contributed by atoms with E-state index in [0.29, 0.717) is 12.8 Å². The molecule has 1 heterocycles. The van der Waals surface area contributed by atoms with Gasteiger partial charge in [0.05, 0.1) is 0 Å². The molecule has 0 aliphatic rings. The second-order valence-electron chi connectivity index (χ2n) is 5.13. The Morgan fingerprint density at radius 1 is 1.18 bits per heavy atom. The highest BCUT2D eigenvalue weighted by Gasteiger charge is 2.17. The van der Waals surface area contributed by atoms with Crippen molar-refractivity contribution in [2.24, 2.45) is 0 Å². The lowest BCUT2D eigenvalue weighted by Crippen LogP contribution is -2.40. The number of amides is 1. The molecule has 2 rings (SSSR count). The van der Waals surface area contributed by atoms with Gasteiger partial charge in [0.25, 0.3) is 0 Å². The number of aliphatic carboxylic acids is 1. The smallest absolute Gasteiger partial charge is 0.326 e. The van der Waals surface area contributed by atoms with E-state index < -0.39 is 12.0 Å². The van der Waals surface area contributed by atoms with Gasteiger partial charge >= 0.3 is 5.97 Å². The number of carbonyl (C=O) groups is 2. The summed E-state index contributed by atoms with van der Waals surface area (Å²) in [5.41, 5.74) is 3.06. The third-order valence-corrected chi connectivity index (χ3v) is 3.49. The van der Waals surface area contributed by atoms with Gasteiger partial charge in [-0.25, -0.2) is 4.79 Å². The highest BCUT2D eigenvalue weighted by molar-refractivity contribution is 5.83. The summed E-state index contributed by atoms with van der Waals surface area (Å²) in [6.45, 7) is 1.73. The molecule has 2 aromatic rings. The predicted octanol–water partition coefficient (Wildman–Crippen LogP) is 2.59. The normalized spacial score (nSPS) is 11.9. The number of benzene rings is 1. The molecule has 3 N–H and O–H groups in total. The van der Waals surface area contributed by atoms with Crippen LogP contribution < -0.4 is 5.32 Å². The molecule has 1 amide bonds. The standard InChI is InChI=1S/C17H20N2O3/c1-2-14(17(21)22)19-16(20)11-9-13-8-10-15(18-13)12-6-4-3-5-7-12/h3-8,10,14,18H,2,9,11H2,1H3,(H,19,20)(H,21,22). The van der Waals surface area contributed by atoms with E-state index in [1.807, 2.05) is 42.5 Å². The first-order valence-electron chi connectivity index (χ1n) is 7.35. The number of carboxylic acids is 1. The molecule has 0 spiro atoms. The fraction of sp³-hybridized carbons (Fsp3) is 0.294. The lowest BCUT2D eigenvalue weighted by molar-refractivity contribution is -0.141. The van der Waals surface area contributed by atoms with E-state index in [-0.39, 0.29) is 12.3 Å². The van der Waals surface area contributed by atoms with Crippen molar-refractivity contribution in [3.05, 3.63) is 48.2 Å². The second kappa shape index (κ2) is 7.45. The Kier molecular flexibility index (Phi) is 5.36. The van der Waals surface area contributed by atoms with Crippen LogP contribution in [0.4, 0.5) is 0 Å². The molecule has 0 aliphatic carbocycles. The first kappa shape index (κ1) is 15.8. The van der Waals surface area contributed by atoms with Crippen LogP contribution >= 0.6 is 0 Å². The summed E-state index contributed by atoms with van der Waals surface area (Å²) in [4.78, 5) is 25.9. The minimum atomic E-state index is -0.998. The molecule has 0 fully saturated rings. The van der Waals surface area contributed by atoms with Crippen LogP contribution in [-0.2, 0) is 16.0 Å². The van der Waals surface area contributed by atoms with Crippen LogP contribution in [0.15, 0.2) is 42.5 Å². The lowest BCUT2D eigenvalue weighted by atomic mass is 10.2. The van der Waals surface area contributed by atoms with Crippen molar-refractivity contribution in [1.82, 2.24) is 10.3 Å². The van der Waals surface area contributed by atoms with E-state index in [0.717, 1.165) is 17.0 Å². The third kappa shape index (κ3) is 4.22. The Morgan fingerprint density at radius 3 is 2.55 bits per heavy atom. The molecular weight excluding hydrogens is 280 g/mol. The maximum atomic E-state index is 11.8. The number of hydrogen-bond acceptors (Lipinski definition) is 2. The highest BCUT2D eigenvalue weighted by atomic mass is 16.4. The quantitative estimate of drug-likeness (QED) is 0.735. The van der Waals surface area contributed by atoms with E-state index in [2.05, 4.69) is 10.3 Å². The maximum Gasteiger partial charge on any atom is 0.326 e. The van der Waals surface area contributed by atoms with Gasteiger partial charge in [0.15, 0.2) is 0 Å². The molecule has 116 valence electrons. The Bertz CT molecular complexity index is 634. The number of carbonyl (C=O) groups excluding carboxylic acids is 1. The van der Waals surface area contributed by atoms with Gasteiger partial charge in [-0.05, 0) is 30.5 Å². The molecule has 1 atom stereocenters. The van der Waals surface area contributed by atoms with Crippen LogP contribution in [0.5, 0.6) is 0 Å². The van der Waals surface area contributed by atoms with Gasteiger partial charge in [0, 0.05) is 17.8 Å². The molecule has 0 saturated carbocycles. The molecule has 1 unspecified atom stereocenters.